The molecule has 3 nitrogen and oxygen atoms in total. The fraction of sp³-hybridized carbons (Fsp3) is 0.600. The van der Waals surface area contributed by atoms with Crippen LogP contribution in [0.3, 0.4) is 0 Å². The van der Waals surface area contributed by atoms with Gasteiger partial charge in [-0.3, -0.25) is 0 Å². The van der Waals surface area contributed by atoms with E-state index < -0.39 is 0 Å². The number of likely N-dealkylation sites (N-methyl/N-ethyl adjacent to an activating group) is 1. The summed E-state index contributed by atoms with van der Waals surface area (Å²) in [5.74, 6) is 0.585. The summed E-state index contributed by atoms with van der Waals surface area (Å²) >= 11 is 0. The number of anilines is 2. The molecule has 2 heterocycles. The first-order valence-corrected chi connectivity index (χ1v) is 7.00. The van der Waals surface area contributed by atoms with E-state index in [0.717, 1.165) is 26.2 Å². The summed E-state index contributed by atoms with van der Waals surface area (Å²) in [6.45, 7) is 9.06. The molecule has 0 amide bonds. The Morgan fingerprint density at radius 3 is 2.94 bits per heavy atom. The van der Waals surface area contributed by atoms with Gasteiger partial charge in [0.1, 0.15) is 0 Å². The van der Waals surface area contributed by atoms with Crippen LogP contribution in [0.25, 0.3) is 0 Å². The van der Waals surface area contributed by atoms with E-state index in [1.807, 2.05) is 0 Å². The number of nitrogens with one attached hydrogen (secondary N) is 1. The molecule has 0 saturated carbocycles. The molecule has 2 aliphatic heterocycles. The Balaban J connectivity index is 2.11. The second-order valence-corrected chi connectivity index (χ2v) is 5.80. The smallest absolute Gasteiger partial charge is 0.0643 e. The van der Waals surface area contributed by atoms with Crippen LogP contribution in [0, 0.1) is 0 Å². The molecule has 0 aromatic heterocycles. The average molecular weight is 245 g/mol. The summed E-state index contributed by atoms with van der Waals surface area (Å²) in [7, 11) is 2.22. The highest BCUT2D eigenvalue weighted by Gasteiger charge is 2.32. The number of fused-ring (bicyclic) bond motifs is 3. The maximum Gasteiger partial charge on any atom is 0.0643 e. The highest BCUT2D eigenvalue weighted by molar-refractivity contribution is 5.78. The second kappa shape index (κ2) is 4.47. The highest BCUT2D eigenvalue weighted by Crippen LogP contribution is 2.40. The third-order valence-electron chi connectivity index (χ3n) is 4.20. The molecule has 0 radical (unpaired) electrons. The summed E-state index contributed by atoms with van der Waals surface area (Å²) in [6.07, 6.45) is 0. The highest BCUT2D eigenvalue weighted by atomic mass is 15.3. The van der Waals surface area contributed by atoms with Gasteiger partial charge < -0.3 is 15.1 Å². The van der Waals surface area contributed by atoms with E-state index in [1.54, 1.807) is 0 Å². The molecule has 0 aliphatic carbocycles. The van der Waals surface area contributed by atoms with Crippen molar-refractivity contribution in [2.75, 3.05) is 43.0 Å². The first kappa shape index (κ1) is 11.8. The van der Waals surface area contributed by atoms with Gasteiger partial charge in [0.25, 0.3) is 0 Å². The monoisotopic (exact) mass is 245 g/mol. The van der Waals surface area contributed by atoms with Gasteiger partial charge in [-0.15, -0.1) is 0 Å². The maximum absolute atomic E-state index is 3.52. The molecule has 1 aromatic carbocycles. The van der Waals surface area contributed by atoms with E-state index in [-0.39, 0.29) is 0 Å². The number of rotatable bonds is 1. The van der Waals surface area contributed by atoms with E-state index in [1.165, 1.54) is 16.9 Å². The van der Waals surface area contributed by atoms with Crippen LogP contribution in [0.1, 0.15) is 25.3 Å². The SMILES string of the molecule is CC(C)c1cccc2c1N1CCNCC1CN2C. The van der Waals surface area contributed by atoms with Gasteiger partial charge in [-0.05, 0) is 17.5 Å². The normalized spacial score (nSPS) is 23.0. The molecular weight excluding hydrogens is 222 g/mol. The van der Waals surface area contributed by atoms with Crippen molar-refractivity contribution in [1.29, 1.82) is 0 Å². The molecule has 2 aliphatic rings. The molecule has 1 N–H and O–H groups in total. The topological polar surface area (TPSA) is 18.5 Å². The Labute approximate surface area is 110 Å². The number of hydrogen-bond acceptors (Lipinski definition) is 3. The van der Waals surface area contributed by atoms with Crippen LogP contribution in [0.15, 0.2) is 18.2 Å². The average Bonchev–Trinajstić information content (AvgIpc) is 2.38. The minimum atomic E-state index is 0.585. The van der Waals surface area contributed by atoms with Gasteiger partial charge >= 0.3 is 0 Å². The van der Waals surface area contributed by atoms with Crippen molar-refractivity contribution in [3.05, 3.63) is 23.8 Å². The van der Waals surface area contributed by atoms with Crippen LogP contribution in [0.4, 0.5) is 11.4 Å². The van der Waals surface area contributed by atoms with Crippen molar-refractivity contribution < 1.29 is 0 Å². The van der Waals surface area contributed by atoms with E-state index in [9.17, 15) is 0 Å². The van der Waals surface area contributed by atoms with Crippen molar-refractivity contribution in [2.45, 2.75) is 25.8 Å². The second-order valence-electron chi connectivity index (χ2n) is 5.80. The molecule has 1 aromatic rings. The molecule has 0 spiro atoms. The molecule has 98 valence electrons. The van der Waals surface area contributed by atoms with E-state index >= 15 is 0 Å². The predicted octanol–water partition coefficient (Wildman–Crippen LogP) is 2.04. The van der Waals surface area contributed by atoms with Gasteiger partial charge in [-0.1, -0.05) is 26.0 Å². The lowest BCUT2D eigenvalue weighted by atomic mass is 9.95. The summed E-state index contributed by atoms with van der Waals surface area (Å²) in [4.78, 5) is 5.04. The maximum atomic E-state index is 3.52. The van der Waals surface area contributed by atoms with Gasteiger partial charge in [0.15, 0.2) is 0 Å². The van der Waals surface area contributed by atoms with Crippen molar-refractivity contribution in [1.82, 2.24) is 5.32 Å². The van der Waals surface area contributed by atoms with Gasteiger partial charge in [0, 0.05) is 33.2 Å². The molecule has 1 fully saturated rings. The Bertz CT molecular complexity index is 427. The largest absolute Gasteiger partial charge is 0.371 e. The van der Waals surface area contributed by atoms with Crippen LogP contribution in [-0.4, -0.2) is 39.3 Å². The Morgan fingerprint density at radius 2 is 2.17 bits per heavy atom. The van der Waals surface area contributed by atoms with Crippen LogP contribution >= 0.6 is 0 Å². The summed E-state index contributed by atoms with van der Waals surface area (Å²) < 4.78 is 0. The van der Waals surface area contributed by atoms with Gasteiger partial charge in [-0.2, -0.15) is 0 Å². The van der Waals surface area contributed by atoms with Crippen molar-refractivity contribution >= 4 is 11.4 Å². The predicted molar refractivity (Wildman–Crippen MR) is 77.8 cm³/mol. The lowest BCUT2D eigenvalue weighted by molar-refractivity contribution is 0.464. The van der Waals surface area contributed by atoms with Crippen LogP contribution in [0.5, 0.6) is 0 Å². The minimum absolute atomic E-state index is 0.585. The number of para-hydroxylation sites is 1. The fourth-order valence-corrected chi connectivity index (χ4v) is 3.27. The molecule has 1 atom stereocenters. The van der Waals surface area contributed by atoms with Gasteiger partial charge in [0.05, 0.1) is 17.4 Å². The summed E-state index contributed by atoms with van der Waals surface area (Å²) in [5, 5.41) is 3.52. The van der Waals surface area contributed by atoms with Crippen LogP contribution < -0.4 is 15.1 Å². The Morgan fingerprint density at radius 1 is 1.33 bits per heavy atom. The number of piperazine rings is 1. The van der Waals surface area contributed by atoms with Crippen LogP contribution in [-0.2, 0) is 0 Å². The first-order chi connectivity index (χ1) is 8.68. The number of benzene rings is 1. The van der Waals surface area contributed by atoms with Crippen molar-refractivity contribution in [2.24, 2.45) is 0 Å². The molecule has 1 unspecified atom stereocenters. The third-order valence-corrected chi connectivity index (χ3v) is 4.20. The zero-order valence-electron chi connectivity index (χ0n) is 11.6. The summed E-state index contributed by atoms with van der Waals surface area (Å²) in [6, 6.07) is 7.38. The first-order valence-electron chi connectivity index (χ1n) is 7.00. The Hall–Kier alpha value is -1.22. The zero-order chi connectivity index (χ0) is 12.7. The molecule has 1 saturated heterocycles. The lowest BCUT2D eigenvalue weighted by Crippen LogP contribution is -2.58. The van der Waals surface area contributed by atoms with E-state index in [0.29, 0.717) is 12.0 Å². The van der Waals surface area contributed by atoms with Gasteiger partial charge in [0.2, 0.25) is 0 Å². The van der Waals surface area contributed by atoms with Crippen molar-refractivity contribution in [3.8, 4) is 0 Å². The molecule has 0 bridgehead atoms. The molecule has 3 rings (SSSR count). The zero-order valence-corrected chi connectivity index (χ0v) is 11.6. The fourth-order valence-electron chi connectivity index (χ4n) is 3.27. The van der Waals surface area contributed by atoms with E-state index in [4.69, 9.17) is 0 Å². The number of hydrogen-bond donors (Lipinski definition) is 1. The van der Waals surface area contributed by atoms with E-state index in [2.05, 4.69) is 54.2 Å². The molecular formula is C15H23N3. The third kappa shape index (κ3) is 1.77. The minimum Gasteiger partial charge on any atom is -0.371 e. The lowest BCUT2D eigenvalue weighted by Gasteiger charge is -2.47. The molecule has 18 heavy (non-hydrogen) atoms. The summed E-state index contributed by atoms with van der Waals surface area (Å²) in [5.41, 5.74) is 4.37. The Kier molecular flexibility index (Phi) is 2.94. The number of nitrogens with zero attached hydrogens (tertiary/aromatic N) is 2. The molecule has 3 heteroatoms. The standard InChI is InChI=1S/C15H23N3/c1-11(2)13-5-4-6-14-15(13)18-8-7-16-9-12(18)10-17(14)3/h4-6,11-12,16H,7-10H2,1-3H3. The quantitative estimate of drug-likeness (QED) is 0.817. The van der Waals surface area contributed by atoms with Crippen LogP contribution in [0.2, 0.25) is 0 Å². The van der Waals surface area contributed by atoms with Crippen molar-refractivity contribution in [3.63, 3.8) is 0 Å². The van der Waals surface area contributed by atoms with Gasteiger partial charge in [-0.25, -0.2) is 0 Å².